The average molecular weight is 235 g/mol. The lowest BCUT2D eigenvalue weighted by atomic mass is 10.2. The molecule has 6 heteroatoms. The molecular formula is C8H8Cl2N2O2. The minimum Gasteiger partial charge on any atom is -0.258 e. The van der Waals surface area contributed by atoms with Gasteiger partial charge in [-0.05, 0) is 12.5 Å². The molecule has 0 aliphatic rings. The van der Waals surface area contributed by atoms with Crippen LogP contribution < -0.4 is 0 Å². The molecule has 0 amide bonds. The van der Waals surface area contributed by atoms with Crippen molar-refractivity contribution in [2.24, 2.45) is 0 Å². The summed E-state index contributed by atoms with van der Waals surface area (Å²) >= 11 is 11.3. The van der Waals surface area contributed by atoms with Crippen molar-refractivity contribution < 1.29 is 4.92 Å². The number of pyridine rings is 1. The Labute approximate surface area is 91.0 Å². The van der Waals surface area contributed by atoms with E-state index in [0.29, 0.717) is 12.1 Å². The Morgan fingerprint density at radius 1 is 1.57 bits per heavy atom. The number of hydrogen-bond donors (Lipinski definition) is 0. The zero-order valence-electron chi connectivity index (χ0n) is 7.46. The van der Waals surface area contributed by atoms with Crippen molar-refractivity contribution in [1.82, 2.24) is 4.98 Å². The van der Waals surface area contributed by atoms with Crippen molar-refractivity contribution in [2.75, 3.05) is 0 Å². The molecule has 1 rings (SSSR count). The lowest BCUT2D eigenvalue weighted by Gasteiger charge is -2.01. The third kappa shape index (κ3) is 2.33. The standard InChI is InChI=1S/C8H8Cl2N2O2/c1-2-3-5-4-6(9)7(12(13)14)8(10)11-5/h4H,2-3H2,1H3. The maximum Gasteiger partial charge on any atom is 0.324 e. The molecule has 0 aliphatic heterocycles. The second-order valence-electron chi connectivity index (χ2n) is 2.74. The third-order valence-corrected chi connectivity index (χ3v) is 2.20. The number of aryl methyl sites for hydroxylation is 1. The molecular weight excluding hydrogens is 227 g/mol. The van der Waals surface area contributed by atoms with Crippen LogP contribution in [-0.4, -0.2) is 9.91 Å². The molecule has 1 aromatic heterocycles. The molecule has 0 N–H and O–H groups in total. The SMILES string of the molecule is CCCc1cc(Cl)c([N+](=O)[O-])c(Cl)n1. The van der Waals surface area contributed by atoms with Crippen LogP contribution in [0, 0.1) is 10.1 Å². The molecule has 0 aliphatic carbocycles. The Kier molecular flexibility index (Phi) is 3.66. The summed E-state index contributed by atoms with van der Waals surface area (Å²) in [4.78, 5) is 13.8. The lowest BCUT2D eigenvalue weighted by Crippen LogP contribution is -1.96. The van der Waals surface area contributed by atoms with Crippen LogP contribution in [0.2, 0.25) is 10.2 Å². The largest absolute Gasteiger partial charge is 0.324 e. The summed E-state index contributed by atoms with van der Waals surface area (Å²) in [5, 5.41) is 10.4. The van der Waals surface area contributed by atoms with Crippen LogP contribution in [-0.2, 0) is 6.42 Å². The highest BCUT2D eigenvalue weighted by atomic mass is 35.5. The molecule has 1 aromatic rings. The topological polar surface area (TPSA) is 56.0 Å². The molecule has 4 nitrogen and oxygen atoms in total. The Hall–Kier alpha value is -0.870. The van der Waals surface area contributed by atoms with Crippen molar-refractivity contribution in [1.29, 1.82) is 0 Å². The van der Waals surface area contributed by atoms with Crippen LogP contribution in [0.15, 0.2) is 6.07 Å². The Morgan fingerprint density at radius 2 is 2.21 bits per heavy atom. The van der Waals surface area contributed by atoms with Gasteiger partial charge in [-0.3, -0.25) is 10.1 Å². The molecule has 0 unspecified atom stereocenters. The molecule has 0 saturated heterocycles. The quantitative estimate of drug-likeness (QED) is 0.459. The van der Waals surface area contributed by atoms with Crippen LogP contribution in [0.1, 0.15) is 19.0 Å². The van der Waals surface area contributed by atoms with E-state index in [1.807, 2.05) is 6.92 Å². The van der Waals surface area contributed by atoms with Gasteiger partial charge in [0, 0.05) is 5.69 Å². The Balaban J connectivity index is 3.18. The first-order valence-electron chi connectivity index (χ1n) is 4.05. The van der Waals surface area contributed by atoms with Crippen LogP contribution in [0.25, 0.3) is 0 Å². The normalized spacial score (nSPS) is 10.2. The van der Waals surface area contributed by atoms with Crippen molar-refractivity contribution in [3.8, 4) is 0 Å². The van der Waals surface area contributed by atoms with Crippen LogP contribution in [0.4, 0.5) is 5.69 Å². The van der Waals surface area contributed by atoms with Gasteiger partial charge in [-0.25, -0.2) is 4.98 Å². The fourth-order valence-electron chi connectivity index (χ4n) is 1.07. The molecule has 0 atom stereocenters. The number of nitrogens with zero attached hydrogens (tertiary/aromatic N) is 2. The molecule has 76 valence electrons. The molecule has 0 saturated carbocycles. The summed E-state index contributed by atoms with van der Waals surface area (Å²) in [7, 11) is 0. The van der Waals surface area contributed by atoms with Gasteiger partial charge >= 0.3 is 5.69 Å². The van der Waals surface area contributed by atoms with Crippen molar-refractivity contribution in [2.45, 2.75) is 19.8 Å². The van der Waals surface area contributed by atoms with Gasteiger partial charge in [-0.2, -0.15) is 0 Å². The van der Waals surface area contributed by atoms with Gasteiger partial charge in [0.1, 0.15) is 5.02 Å². The highest BCUT2D eigenvalue weighted by Gasteiger charge is 2.19. The summed E-state index contributed by atoms with van der Waals surface area (Å²) in [6, 6.07) is 1.48. The summed E-state index contributed by atoms with van der Waals surface area (Å²) in [5.74, 6) is 0. The average Bonchev–Trinajstić information content (AvgIpc) is 2.01. The molecule has 0 aromatic carbocycles. The summed E-state index contributed by atoms with van der Waals surface area (Å²) in [5.41, 5.74) is 0.348. The van der Waals surface area contributed by atoms with Gasteiger partial charge in [-0.1, -0.05) is 36.5 Å². The van der Waals surface area contributed by atoms with Crippen LogP contribution in [0.3, 0.4) is 0 Å². The zero-order valence-corrected chi connectivity index (χ0v) is 8.97. The number of rotatable bonds is 3. The van der Waals surface area contributed by atoms with E-state index in [-0.39, 0.29) is 15.9 Å². The number of aromatic nitrogens is 1. The maximum atomic E-state index is 10.5. The van der Waals surface area contributed by atoms with Crippen molar-refractivity contribution >= 4 is 28.9 Å². The molecule has 0 radical (unpaired) electrons. The van der Waals surface area contributed by atoms with E-state index in [1.165, 1.54) is 6.07 Å². The first-order valence-corrected chi connectivity index (χ1v) is 4.81. The second-order valence-corrected chi connectivity index (χ2v) is 3.51. The number of halogens is 2. The number of nitro groups is 1. The monoisotopic (exact) mass is 234 g/mol. The highest BCUT2D eigenvalue weighted by Crippen LogP contribution is 2.31. The number of hydrogen-bond acceptors (Lipinski definition) is 3. The lowest BCUT2D eigenvalue weighted by molar-refractivity contribution is -0.384. The van der Waals surface area contributed by atoms with E-state index in [0.717, 1.165) is 6.42 Å². The van der Waals surface area contributed by atoms with E-state index in [2.05, 4.69) is 4.98 Å². The minimum atomic E-state index is -0.632. The molecule has 0 fully saturated rings. The van der Waals surface area contributed by atoms with E-state index < -0.39 is 4.92 Å². The predicted octanol–water partition coefficient (Wildman–Crippen LogP) is 3.25. The van der Waals surface area contributed by atoms with Crippen LogP contribution in [0.5, 0.6) is 0 Å². The first kappa shape index (κ1) is 11.2. The van der Waals surface area contributed by atoms with Gasteiger partial charge in [0.25, 0.3) is 0 Å². The van der Waals surface area contributed by atoms with E-state index >= 15 is 0 Å². The highest BCUT2D eigenvalue weighted by molar-refractivity contribution is 6.37. The van der Waals surface area contributed by atoms with Gasteiger partial charge in [0.15, 0.2) is 0 Å². The predicted molar refractivity (Wildman–Crippen MR) is 54.9 cm³/mol. The fraction of sp³-hybridized carbons (Fsp3) is 0.375. The van der Waals surface area contributed by atoms with Crippen molar-refractivity contribution in [3.63, 3.8) is 0 Å². The summed E-state index contributed by atoms with van der Waals surface area (Å²) < 4.78 is 0. The molecule has 0 spiro atoms. The van der Waals surface area contributed by atoms with Gasteiger partial charge in [0.05, 0.1) is 4.92 Å². The summed E-state index contributed by atoms with van der Waals surface area (Å²) in [6.45, 7) is 1.98. The van der Waals surface area contributed by atoms with Gasteiger partial charge < -0.3 is 0 Å². The van der Waals surface area contributed by atoms with Gasteiger partial charge in [-0.15, -0.1) is 0 Å². The Bertz CT molecular complexity index is 345. The maximum absolute atomic E-state index is 10.5. The van der Waals surface area contributed by atoms with E-state index in [1.54, 1.807) is 0 Å². The third-order valence-electron chi connectivity index (χ3n) is 1.65. The van der Waals surface area contributed by atoms with E-state index in [4.69, 9.17) is 23.2 Å². The second kappa shape index (κ2) is 4.57. The molecule has 14 heavy (non-hydrogen) atoms. The summed E-state index contributed by atoms with van der Waals surface area (Å²) in [6.07, 6.45) is 1.59. The molecule has 1 heterocycles. The smallest absolute Gasteiger partial charge is 0.258 e. The van der Waals surface area contributed by atoms with Crippen molar-refractivity contribution in [3.05, 3.63) is 32.1 Å². The zero-order chi connectivity index (χ0) is 10.7. The Morgan fingerprint density at radius 3 is 2.64 bits per heavy atom. The fourth-order valence-corrected chi connectivity index (χ4v) is 1.68. The molecule has 0 bridgehead atoms. The first-order chi connectivity index (χ1) is 6.56. The van der Waals surface area contributed by atoms with E-state index in [9.17, 15) is 10.1 Å². The van der Waals surface area contributed by atoms with Crippen LogP contribution >= 0.6 is 23.2 Å². The van der Waals surface area contributed by atoms with Gasteiger partial charge in [0.2, 0.25) is 5.15 Å². The minimum absolute atomic E-state index is 0.0402.